The molecule has 4 aromatic rings. The van der Waals surface area contributed by atoms with E-state index in [1.807, 2.05) is 0 Å². The van der Waals surface area contributed by atoms with Gasteiger partial charge in [0.2, 0.25) is 17.7 Å². The molecule has 2 aromatic carbocycles. The number of anilines is 1. The molecule has 6 rings (SSSR count). The molecule has 0 saturated carbocycles. The Bertz CT molecular complexity index is 2270. The minimum atomic E-state index is -1.11. The van der Waals surface area contributed by atoms with Gasteiger partial charge in [0, 0.05) is 21.9 Å². The van der Waals surface area contributed by atoms with Crippen molar-refractivity contribution in [2.45, 2.75) is 67.6 Å². The van der Waals surface area contributed by atoms with Crippen LogP contribution in [0.4, 0.5) is 5.82 Å². The molecule has 17 nitrogen and oxygen atoms in total. The van der Waals surface area contributed by atoms with Crippen LogP contribution >= 0.6 is 23.4 Å². The fourth-order valence-electron chi connectivity index (χ4n) is 6.45. The maximum absolute atomic E-state index is 12.8. The van der Waals surface area contributed by atoms with Crippen LogP contribution in [0.15, 0.2) is 64.2 Å². The Balaban J connectivity index is 1.12. The average Bonchev–Trinajstić information content (AvgIpc) is 4.08. The quantitative estimate of drug-likeness (QED) is 0.0751. The van der Waals surface area contributed by atoms with Gasteiger partial charge >= 0.3 is 11.9 Å². The van der Waals surface area contributed by atoms with Crippen LogP contribution in [0.1, 0.15) is 49.4 Å². The summed E-state index contributed by atoms with van der Waals surface area (Å²) in [4.78, 5) is 59.5. The van der Waals surface area contributed by atoms with Gasteiger partial charge in [0.05, 0.1) is 23.3 Å². The first kappa shape index (κ1) is 43.4. The topological polar surface area (TPSA) is 257 Å². The van der Waals surface area contributed by atoms with Crippen molar-refractivity contribution < 1.29 is 37.8 Å². The molecule has 2 amide bonds. The summed E-state index contributed by atoms with van der Waals surface area (Å²) in [6.45, 7) is 1.82. The Morgan fingerprint density at radius 1 is 0.950 bits per heavy atom. The molecule has 19 heteroatoms. The fourth-order valence-corrected chi connectivity index (χ4v) is 7.45. The van der Waals surface area contributed by atoms with E-state index in [1.165, 1.54) is 24.9 Å². The van der Waals surface area contributed by atoms with Crippen molar-refractivity contribution in [1.82, 2.24) is 31.2 Å². The number of nitrogen functional groups attached to an aromatic ring is 1. The number of pyridine rings is 1. The number of hydrogen-bond acceptors (Lipinski definition) is 16. The molecule has 2 aliphatic rings. The Hall–Kier alpha value is -6.18. The Kier molecular flexibility index (Phi) is 15.0. The molecular weight excluding hydrogens is 814 g/mol. The van der Waals surface area contributed by atoms with Crippen LogP contribution < -0.4 is 31.7 Å². The number of rotatable bonds is 17. The van der Waals surface area contributed by atoms with Gasteiger partial charge in [-0.2, -0.15) is 10.5 Å². The van der Waals surface area contributed by atoms with E-state index >= 15 is 0 Å². The number of thioether (sulfide) groups is 1. The molecule has 6 N–H and O–H groups in total. The molecule has 4 atom stereocenters. The zero-order valence-electron chi connectivity index (χ0n) is 32.5. The summed E-state index contributed by atoms with van der Waals surface area (Å²) in [7, 11) is 0. The number of nitrogens with two attached hydrogens (primary N) is 1. The van der Waals surface area contributed by atoms with Gasteiger partial charge in [0.25, 0.3) is 0 Å². The second-order valence-corrected chi connectivity index (χ2v) is 15.3. The van der Waals surface area contributed by atoms with Crippen LogP contribution in [0.5, 0.6) is 5.75 Å². The summed E-state index contributed by atoms with van der Waals surface area (Å²) in [6, 6.07) is 15.9. The zero-order valence-corrected chi connectivity index (χ0v) is 34.1. The standard InChI is InChI=1S/C41H42ClN9O8S/c1-23(49-38(54)33-5-3-15-47-33)41(55)58-21-29(59-34(52)18-48-37(53)32-4-2-14-46-32)20-56-28-12-8-24(9-13-28)35-30(16-43)36(45)51-40(31(35)17-44)60-22-27-19-57-39(50-27)25-6-10-26(42)11-7-25/h6-13,19,23,29,32-33,46-47H,2-5,14-15,18,20-22H2,1H3,(H2,45,51)(H,48,53)(H,49,54)/t23-,29-,32-,33-/m0/s1. The van der Waals surface area contributed by atoms with Gasteiger partial charge in [-0.15, -0.1) is 0 Å². The van der Waals surface area contributed by atoms with Crippen molar-refractivity contribution in [3.63, 3.8) is 0 Å². The van der Waals surface area contributed by atoms with E-state index in [0.717, 1.165) is 18.4 Å². The summed E-state index contributed by atoms with van der Waals surface area (Å²) >= 11 is 7.21. The molecule has 60 heavy (non-hydrogen) atoms. The minimum Gasteiger partial charge on any atom is -0.490 e. The smallest absolute Gasteiger partial charge is 0.328 e. The molecule has 2 aromatic heterocycles. The summed E-state index contributed by atoms with van der Waals surface area (Å²) in [5.41, 5.74) is 8.48. The van der Waals surface area contributed by atoms with Crippen molar-refractivity contribution in [3.05, 3.63) is 76.6 Å². The molecule has 2 fully saturated rings. The molecule has 0 radical (unpaired) electrons. The summed E-state index contributed by atoms with van der Waals surface area (Å²) in [5, 5.41) is 32.6. The van der Waals surface area contributed by atoms with Crippen LogP contribution in [-0.2, 0) is 34.4 Å². The van der Waals surface area contributed by atoms with Gasteiger partial charge in [-0.25, -0.2) is 14.8 Å². The Labute approximate surface area is 354 Å². The van der Waals surface area contributed by atoms with Crippen molar-refractivity contribution in [3.8, 4) is 40.5 Å². The number of amides is 2. The third-order valence-corrected chi connectivity index (χ3v) is 10.8. The molecule has 0 spiro atoms. The van der Waals surface area contributed by atoms with Crippen molar-refractivity contribution in [2.75, 3.05) is 38.6 Å². The van der Waals surface area contributed by atoms with Gasteiger partial charge in [-0.1, -0.05) is 35.5 Å². The molecule has 2 aliphatic heterocycles. The van der Waals surface area contributed by atoms with Gasteiger partial charge in [-0.05, 0) is 87.7 Å². The van der Waals surface area contributed by atoms with E-state index in [1.54, 1.807) is 48.5 Å². The SMILES string of the molecule is C[C@H](NC(=O)[C@@H]1CCCN1)C(=O)OC[C@H](COc1ccc(-c2c(C#N)c(N)nc(SCc3coc(-c4ccc(Cl)cc4)n3)c2C#N)cc1)OC(=O)CNC(=O)[C@@H]1CCCN1. The lowest BCUT2D eigenvalue weighted by molar-refractivity contribution is -0.161. The Morgan fingerprint density at radius 3 is 2.27 bits per heavy atom. The lowest BCUT2D eigenvalue weighted by atomic mass is 9.97. The number of carbonyl (C=O) groups is 4. The van der Waals surface area contributed by atoms with E-state index in [4.69, 9.17) is 36.0 Å². The lowest BCUT2D eigenvalue weighted by Gasteiger charge is -2.21. The van der Waals surface area contributed by atoms with Gasteiger partial charge in [0.15, 0.2) is 6.10 Å². The highest BCUT2D eigenvalue weighted by Gasteiger charge is 2.28. The van der Waals surface area contributed by atoms with Crippen LogP contribution in [0.3, 0.4) is 0 Å². The number of nitrogens with one attached hydrogen (secondary N) is 4. The number of ether oxygens (including phenoxy) is 3. The minimum absolute atomic E-state index is 0.0190. The molecule has 2 saturated heterocycles. The van der Waals surface area contributed by atoms with Gasteiger partial charge in [0.1, 0.15) is 66.4 Å². The summed E-state index contributed by atoms with van der Waals surface area (Å²) < 4.78 is 22.6. The van der Waals surface area contributed by atoms with E-state index < -0.39 is 43.3 Å². The third kappa shape index (κ3) is 11.3. The van der Waals surface area contributed by atoms with Crippen LogP contribution in [0.25, 0.3) is 22.6 Å². The number of nitriles is 2. The molecule has 312 valence electrons. The van der Waals surface area contributed by atoms with E-state index in [2.05, 4.69) is 43.4 Å². The molecule has 0 unspecified atom stereocenters. The number of hydrogen-bond donors (Lipinski definition) is 5. The maximum Gasteiger partial charge on any atom is 0.328 e. The molecular formula is C41H42ClN9O8S. The highest BCUT2D eigenvalue weighted by molar-refractivity contribution is 7.98. The monoisotopic (exact) mass is 855 g/mol. The van der Waals surface area contributed by atoms with Gasteiger partial charge in [-0.3, -0.25) is 14.4 Å². The normalized spacial score (nSPS) is 16.8. The summed E-state index contributed by atoms with van der Waals surface area (Å²) in [6.07, 6.45) is 3.41. The molecule has 0 aliphatic carbocycles. The number of aromatic nitrogens is 2. The lowest BCUT2D eigenvalue weighted by Crippen LogP contribution is -2.48. The number of halogens is 1. The highest BCUT2D eigenvalue weighted by Crippen LogP contribution is 2.37. The third-order valence-electron chi connectivity index (χ3n) is 9.58. The van der Waals surface area contributed by atoms with E-state index in [-0.39, 0.29) is 52.7 Å². The number of benzene rings is 2. The van der Waals surface area contributed by atoms with Crippen LogP contribution in [-0.4, -0.2) is 90.8 Å². The van der Waals surface area contributed by atoms with Gasteiger partial charge < -0.3 is 45.6 Å². The Morgan fingerprint density at radius 2 is 1.62 bits per heavy atom. The predicted octanol–water partition coefficient (Wildman–Crippen LogP) is 3.63. The fraction of sp³-hybridized carbons (Fsp3) is 0.366. The largest absolute Gasteiger partial charge is 0.490 e. The molecule has 4 heterocycles. The van der Waals surface area contributed by atoms with Crippen LogP contribution in [0, 0.1) is 22.7 Å². The van der Waals surface area contributed by atoms with E-state index in [9.17, 15) is 29.7 Å². The van der Waals surface area contributed by atoms with E-state index in [0.29, 0.717) is 58.9 Å². The second-order valence-electron chi connectivity index (χ2n) is 13.9. The molecule has 0 bridgehead atoms. The predicted molar refractivity (Wildman–Crippen MR) is 219 cm³/mol. The number of carbonyl (C=O) groups excluding carboxylic acids is 4. The van der Waals surface area contributed by atoms with Crippen LogP contribution in [0.2, 0.25) is 5.02 Å². The number of nitrogens with zero attached hydrogens (tertiary/aromatic N) is 4. The average molecular weight is 856 g/mol. The zero-order chi connectivity index (χ0) is 42.6. The van der Waals surface area contributed by atoms with Crippen molar-refractivity contribution >= 4 is 52.9 Å². The highest BCUT2D eigenvalue weighted by atomic mass is 35.5. The first-order chi connectivity index (χ1) is 29.0. The summed E-state index contributed by atoms with van der Waals surface area (Å²) in [5.74, 6) is -1.23. The number of oxazole rings is 1. The number of esters is 2. The first-order valence-corrected chi connectivity index (χ1v) is 20.5. The second kappa shape index (κ2) is 20.7. The maximum atomic E-state index is 12.8. The van der Waals surface area contributed by atoms with Crippen molar-refractivity contribution in [2.24, 2.45) is 0 Å². The first-order valence-electron chi connectivity index (χ1n) is 19.1. The van der Waals surface area contributed by atoms with Crippen molar-refractivity contribution in [1.29, 1.82) is 10.5 Å².